The van der Waals surface area contributed by atoms with Crippen molar-refractivity contribution in [2.24, 2.45) is 5.92 Å². The van der Waals surface area contributed by atoms with Gasteiger partial charge in [-0.15, -0.1) is 0 Å². The molecule has 0 spiro atoms. The Labute approximate surface area is 218 Å². The smallest absolute Gasteiger partial charge is 0.230 e. The van der Waals surface area contributed by atoms with Gasteiger partial charge in [-0.25, -0.2) is 0 Å². The molecule has 1 saturated heterocycles. The molecule has 4 rings (SSSR count). The van der Waals surface area contributed by atoms with Crippen LogP contribution in [0.2, 0.25) is 5.02 Å². The zero-order chi connectivity index (χ0) is 25.7. The molecule has 0 bridgehead atoms. The lowest BCUT2D eigenvalue weighted by Crippen LogP contribution is -2.44. The molecular weight excluding hydrogens is 478 g/mol. The molecule has 2 aliphatic heterocycles. The van der Waals surface area contributed by atoms with Gasteiger partial charge >= 0.3 is 0 Å². The van der Waals surface area contributed by atoms with Crippen LogP contribution in [0.5, 0.6) is 11.5 Å². The summed E-state index contributed by atoms with van der Waals surface area (Å²) in [4.78, 5) is 31.5. The van der Waals surface area contributed by atoms with Crippen LogP contribution in [-0.4, -0.2) is 68.6 Å². The van der Waals surface area contributed by atoms with Crippen LogP contribution in [0.15, 0.2) is 36.4 Å². The molecule has 0 N–H and O–H groups in total. The molecule has 36 heavy (non-hydrogen) atoms. The number of hydrogen-bond acceptors (Lipinski definition) is 5. The highest BCUT2D eigenvalue weighted by atomic mass is 35.5. The minimum atomic E-state index is -0.0797. The Kier molecular flexibility index (Phi) is 8.75. The topological polar surface area (TPSA) is 62.3 Å². The number of hydrogen-bond donors (Lipinski definition) is 0. The minimum absolute atomic E-state index is 0.0757. The second-order valence-electron chi connectivity index (χ2n) is 9.61. The summed E-state index contributed by atoms with van der Waals surface area (Å²) in [6, 6.07) is 11.7. The number of carbonyl (C=O) groups is 2. The van der Waals surface area contributed by atoms with Gasteiger partial charge in [-0.05, 0) is 67.1 Å². The molecule has 0 aliphatic carbocycles. The number of amides is 2. The van der Waals surface area contributed by atoms with E-state index in [1.807, 2.05) is 34.1 Å². The fourth-order valence-corrected chi connectivity index (χ4v) is 5.44. The molecule has 2 aromatic carbocycles. The summed E-state index contributed by atoms with van der Waals surface area (Å²) < 4.78 is 10.9. The molecule has 0 aromatic heterocycles. The van der Waals surface area contributed by atoms with Gasteiger partial charge in [0, 0.05) is 62.8 Å². The molecule has 2 aliphatic rings. The number of benzene rings is 2. The van der Waals surface area contributed by atoms with Crippen LogP contribution in [0, 0.1) is 5.92 Å². The third kappa shape index (κ3) is 6.13. The van der Waals surface area contributed by atoms with Crippen molar-refractivity contribution in [2.45, 2.75) is 39.2 Å². The van der Waals surface area contributed by atoms with Crippen molar-refractivity contribution in [3.8, 4) is 11.5 Å². The molecule has 0 atom stereocenters. The van der Waals surface area contributed by atoms with Crippen LogP contribution in [0.3, 0.4) is 0 Å². The number of anilines is 1. The summed E-state index contributed by atoms with van der Waals surface area (Å²) in [6.07, 6.45) is 3.21. The van der Waals surface area contributed by atoms with E-state index in [1.54, 1.807) is 21.1 Å². The van der Waals surface area contributed by atoms with E-state index in [1.165, 1.54) is 11.1 Å². The Hall–Kier alpha value is -2.77. The maximum absolute atomic E-state index is 13.6. The van der Waals surface area contributed by atoms with Gasteiger partial charge in [0.25, 0.3) is 0 Å². The molecule has 0 unspecified atom stereocenters. The Morgan fingerprint density at radius 1 is 1.03 bits per heavy atom. The van der Waals surface area contributed by atoms with E-state index in [4.69, 9.17) is 21.1 Å². The fourth-order valence-electron chi connectivity index (χ4n) is 5.26. The Morgan fingerprint density at radius 2 is 1.72 bits per heavy atom. The molecule has 194 valence electrons. The van der Waals surface area contributed by atoms with Gasteiger partial charge in [0.15, 0.2) is 11.5 Å². The van der Waals surface area contributed by atoms with Crippen molar-refractivity contribution in [2.75, 3.05) is 51.8 Å². The predicted molar refractivity (Wildman–Crippen MR) is 142 cm³/mol. The van der Waals surface area contributed by atoms with Gasteiger partial charge in [-0.1, -0.05) is 17.7 Å². The Morgan fingerprint density at radius 3 is 2.36 bits per heavy atom. The highest BCUT2D eigenvalue weighted by Crippen LogP contribution is 2.33. The molecular formula is C28H36ClN3O4. The Bertz CT molecular complexity index is 1080. The standard InChI is InChI=1S/C28H36ClN3O4/c1-20(33)31-14-9-21(10-15-31)28(34)32(25-7-4-6-24(29)18-25)12-5-11-30-13-8-22-16-26(35-2)27(36-3)17-23(22)19-30/h4,6-7,16-18,21H,5,8-15,19H2,1-3H3. The van der Waals surface area contributed by atoms with Crippen LogP contribution < -0.4 is 14.4 Å². The molecule has 2 amide bonds. The second kappa shape index (κ2) is 12.0. The maximum Gasteiger partial charge on any atom is 0.230 e. The summed E-state index contributed by atoms with van der Waals surface area (Å²) in [5.41, 5.74) is 3.40. The average Bonchev–Trinajstić information content (AvgIpc) is 2.89. The highest BCUT2D eigenvalue weighted by Gasteiger charge is 2.30. The number of ether oxygens (including phenoxy) is 2. The normalized spacial score (nSPS) is 16.4. The first-order valence-electron chi connectivity index (χ1n) is 12.7. The van der Waals surface area contributed by atoms with Crippen LogP contribution in [0.4, 0.5) is 5.69 Å². The summed E-state index contributed by atoms with van der Waals surface area (Å²) in [5.74, 6) is 1.65. The quantitative estimate of drug-likeness (QED) is 0.523. The van der Waals surface area contributed by atoms with Crippen molar-refractivity contribution < 1.29 is 19.1 Å². The first kappa shape index (κ1) is 26.3. The number of likely N-dealkylation sites (tertiary alicyclic amines) is 1. The SMILES string of the molecule is COc1cc2c(cc1OC)CN(CCCN(C(=O)C1CCN(C(C)=O)CC1)c1cccc(Cl)c1)CC2. The summed E-state index contributed by atoms with van der Waals surface area (Å²) in [6.45, 7) is 6.20. The van der Waals surface area contributed by atoms with E-state index < -0.39 is 0 Å². The number of carbonyl (C=O) groups excluding carboxylic acids is 2. The first-order chi connectivity index (χ1) is 17.4. The van der Waals surface area contributed by atoms with Gasteiger partial charge in [-0.2, -0.15) is 0 Å². The van der Waals surface area contributed by atoms with E-state index in [2.05, 4.69) is 17.0 Å². The average molecular weight is 514 g/mol. The monoisotopic (exact) mass is 513 g/mol. The number of methoxy groups -OCH3 is 2. The second-order valence-corrected chi connectivity index (χ2v) is 10.0. The van der Waals surface area contributed by atoms with Crippen LogP contribution >= 0.6 is 11.6 Å². The zero-order valence-electron chi connectivity index (χ0n) is 21.5. The third-order valence-electron chi connectivity index (χ3n) is 7.33. The zero-order valence-corrected chi connectivity index (χ0v) is 22.2. The molecule has 0 saturated carbocycles. The number of piperidine rings is 1. The van der Waals surface area contributed by atoms with Gasteiger partial charge < -0.3 is 19.3 Å². The lowest BCUT2D eigenvalue weighted by Gasteiger charge is -2.34. The fraction of sp³-hybridized carbons (Fsp3) is 0.500. The summed E-state index contributed by atoms with van der Waals surface area (Å²) in [5, 5.41) is 0.619. The molecule has 7 nitrogen and oxygen atoms in total. The van der Waals surface area contributed by atoms with E-state index in [0.29, 0.717) is 37.5 Å². The van der Waals surface area contributed by atoms with E-state index in [-0.39, 0.29) is 17.7 Å². The van der Waals surface area contributed by atoms with Crippen LogP contribution in [0.1, 0.15) is 37.3 Å². The van der Waals surface area contributed by atoms with Crippen molar-refractivity contribution >= 4 is 29.1 Å². The molecule has 2 aromatic rings. The molecule has 8 heteroatoms. The van der Waals surface area contributed by atoms with Gasteiger partial charge in [0.05, 0.1) is 14.2 Å². The van der Waals surface area contributed by atoms with Crippen LogP contribution in [-0.2, 0) is 22.6 Å². The lowest BCUT2D eigenvalue weighted by atomic mass is 9.94. The Balaban J connectivity index is 1.40. The number of fused-ring (bicyclic) bond motifs is 1. The van der Waals surface area contributed by atoms with Crippen molar-refractivity contribution in [3.63, 3.8) is 0 Å². The maximum atomic E-state index is 13.6. The van der Waals surface area contributed by atoms with Crippen LogP contribution in [0.25, 0.3) is 0 Å². The first-order valence-corrected chi connectivity index (χ1v) is 13.1. The summed E-state index contributed by atoms with van der Waals surface area (Å²) >= 11 is 6.27. The van der Waals surface area contributed by atoms with Gasteiger partial charge in [0.2, 0.25) is 11.8 Å². The largest absolute Gasteiger partial charge is 0.493 e. The molecule has 0 radical (unpaired) electrons. The van der Waals surface area contributed by atoms with Crippen molar-refractivity contribution in [1.29, 1.82) is 0 Å². The third-order valence-corrected chi connectivity index (χ3v) is 7.56. The van der Waals surface area contributed by atoms with E-state index >= 15 is 0 Å². The predicted octanol–water partition coefficient (Wildman–Crippen LogP) is 4.40. The highest BCUT2D eigenvalue weighted by molar-refractivity contribution is 6.30. The van der Waals surface area contributed by atoms with E-state index in [0.717, 1.165) is 49.7 Å². The van der Waals surface area contributed by atoms with E-state index in [9.17, 15) is 9.59 Å². The number of nitrogens with zero attached hydrogens (tertiary/aromatic N) is 3. The van der Waals surface area contributed by atoms with Gasteiger partial charge in [-0.3, -0.25) is 14.5 Å². The van der Waals surface area contributed by atoms with Gasteiger partial charge in [0.1, 0.15) is 0 Å². The number of rotatable bonds is 8. The summed E-state index contributed by atoms with van der Waals surface area (Å²) in [7, 11) is 3.33. The van der Waals surface area contributed by atoms with Crippen molar-refractivity contribution in [3.05, 3.63) is 52.5 Å². The minimum Gasteiger partial charge on any atom is -0.493 e. The number of halogens is 1. The van der Waals surface area contributed by atoms with Crippen molar-refractivity contribution in [1.82, 2.24) is 9.80 Å². The molecule has 1 fully saturated rings. The lowest BCUT2D eigenvalue weighted by molar-refractivity contribution is -0.133. The molecule has 2 heterocycles.